The van der Waals surface area contributed by atoms with Gasteiger partial charge in [-0.15, -0.1) is 11.3 Å². The van der Waals surface area contributed by atoms with Gasteiger partial charge in [-0.3, -0.25) is 4.79 Å². The van der Waals surface area contributed by atoms with Crippen LogP contribution in [0, 0.1) is 0 Å². The van der Waals surface area contributed by atoms with Crippen molar-refractivity contribution in [2.45, 2.75) is 45.9 Å². The van der Waals surface area contributed by atoms with Crippen molar-refractivity contribution >= 4 is 45.4 Å². The van der Waals surface area contributed by atoms with Crippen LogP contribution >= 0.6 is 11.3 Å². The number of hydrogen-bond acceptors (Lipinski definition) is 7. The number of thiazole rings is 1. The first-order valence-corrected chi connectivity index (χ1v) is 14.6. The van der Waals surface area contributed by atoms with Crippen molar-refractivity contribution in [3.8, 4) is 11.3 Å². The van der Waals surface area contributed by atoms with Crippen LogP contribution in [0.2, 0.25) is 0 Å². The van der Waals surface area contributed by atoms with E-state index in [-0.39, 0.29) is 29.7 Å². The molecule has 0 aliphatic carbocycles. The zero-order chi connectivity index (χ0) is 29.1. The molecule has 1 saturated heterocycles. The van der Waals surface area contributed by atoms with Crippen molar-refractivity contribution in [3.05, 3.63) is 89.3 Å². The number of nitrogens with zero attached hydrogens (tertiary/aromatic N) is 3. The lowest BCUT2D eigenvalue weighted by molar-refractivity contribution is -0.00522. The van der Waals surface area contributed by atoms with Crippen LogP contribution in [0.5, 0.6) is 0 Å². The van der Waals surface area contributed by atoms with Crippen molar-refractivity contribution in [1.29, 1.82) is 0 Å². The smallest absolute Gasteiger partial charge is 0.335 e. The number of anilines is 4. The van der Waals surface area contributed by atoms with Crippen molar-refractivity contribution in [3.63, 3.8) is 0 Å². The van der Waals surface area contributed by atoms with Gasteiger partial charge in [-0.05, 0) is 88.4 Å². The first kappa shape index (κ1) is 28.3. The maximum Gasteiger partial charge on any atom is 0.335 e. The van der Waals surface area contributed by atoms with Gasteiger partial charge in [-0.25, -0.2) is 9.78 Å². The van der Waals surface area contributed by atoms with Crippen LogP contribution in [-0.2, 0) is 4.74 Å². The summed E-state index contributed by atoms with van der Waals surface area (Å²) in [6.07, 6.45) is 0.347. The molecule has 41 heavy (non-hydrogen) atoms. The lowest BCUT2D eigenvalue weighted by Gasteiger charge is -2.36. The van der Waals surface area contributed by atoms with E-state index in [1.165, 1.54) is 11.3 Å². The molecule has 212 valence electrons. The number of amides is 1. The molecule has 0 bridgehead atoms. The predicted molar refractivity (Wildman–Crippen MR) is 165 cm³/mol. The molecule has 0 saturated carbocycles. The standard InChI is InChI=1S/C32H34N4O4S/c1-20(2)36(28-15-9-25(10-16-28)31(38)39)32-34-29(19-41-32)23-5-11-26(12-6-23)33-30(37)24-7-13-27(14-8-24)35-17-21(3)40-22(4)18-35/h5-16,19-22H,17-18H2,1-4H3,(H,33,37)(H,38,39)/t21-,22+. The number of aromatic nitrogens is 1. The summed E-state index contributed by atoms with van der Waals surface area (Å²) in [7, 11) is 0. The highest BCUT2D eigenvalue weighted by atomic mass is 32.1. The van der Waals surface area contributed by atoms with E-state index in [0.29, 0.717) is 11.3 Å². The maximum absolute atomic E-state index is 12.9. The molecule has 1 amide bonds. The minimum atomic E-state index is -0.949. The van der Waals surface area contributed by atoms with Crippen LogP contribution in [0.3, 0.4) is 0 Å². The zero-order valence-corrected chi connectivity index (χ0v) is 24.4. The summed E-state index contributed by atoms with van der Waals surface area (Å²) in [6, 6.07) is 22.3. The number of aromatic carboxylic acids is 1. The monoisotopic (exact) mass is 570 g/mol. The van der Waals surface area contributed by atoms with Gasteiger partial charge in [0, 0.05) is 52.7 Å². The van der Waals surface area contributed by atoms with E-state index >= 15 is 0 Å². The van der Waals surface area contributed by atoms with E-state index in [1.54, 1.807) is 24.3 Å². The third kappa shape index (κ3) is 6.58. The molecule has 4 aromatic rings. The van der Waals surface area contributed by atoms with E-state index in [2.05, 4.69) is 42.8 Å². The van der Waals surface area contributed by atoms with E-state index in [4.69, 9.17) is 9.72 Å². The topological polar surface area (TPSA) is 95.0 Å². The number of benzene rings is 3. The van der Waals surface area contributed by atoms with Crippen LogP contribution in [0.4, 0.5) is 22.2 Å². The number of morpholine rings is 1. The molecule has 2 atom stereocenters. The van der Waals surface area contributed by atoms with Gasteiger partial charge in [-0.2, -0.15) is 0 Å². The first-order valence-electron chi connectivity index (χ1n) is 13.7. The van der Waals surface area contributed by atoms with Gasteiger partial charge >= 0.3 is 5.97 Å². The summed E-state index contributed by atoms with van der Waals surface area (Å²) >= 11 is 1.53. The van der Waals surface area contributed by atoms with Gasteiger partial charge in [0.05, 0.1) is 23.5 Å². The lowest BCUT2D eigenvalue weighted by Crippen LogP contribution is -2.45. The summed E-state index contributed by atoms with van der Waals surface area (Å²) in [6.45, 7) is 9.96. The Morgan fingerprint density at radius 3 is 2.15 bits per heavy atom. The molecule has 8 nitrogen and oxygen atoms in total. The summed E-state index contributed by atoms with van der Waals surface area (Å²) < 4.78 is 5.82. The van der Waals surface area contributed by atoms with Gasteiger partial charge < -0.3 is 25.0 Å². The van der Waals surface area contributed by atoms with Crippen molar-refractivity contribution in [2.24, 2.45) is 0 Å². The first-order chi connectivity index (χ1) is 19.7. The van der Waals surface area contributed by atoms with Gasteiger partial charge in [0.2, 0.25) is 0 Å². The molecule has 1 aliphatic heterocycles. The fourth-order valence-corrected chi connectivity index (χ4v) is 6.03. The Morgan fingerprint density at radius 2 is 1.56 bits per heavy atom. The highest BCUT2D eigenvalue weighted by Gasteiger charge is 2.23. The van der Waals surface area contributed by atoms with Gasteiger partial charge in [-0.1, -0.05) is 12.1 Å². The molecule has 0 unspecified atom stereocenters. The number of carbonyl (C=O) groups is 2. The fourth-order valence-electron chi connectivity index (χ4n) is 5.04. The fraction of sp³-hybridized carbons (Fsp3) is 0.281. The van der Waals surface area contributed by atoms with Gasteiger partial charge in [0.1, 0.15) is 0 Å². The average Bonchev–Trinajstić information content (AvgIpc) is 3.43. The molecule has 5 rings (SSSR count). The van der Waals surface area contributed by atoms with E-state index in [0.717, 1.165) is 40.9 Å². The third-order valence-electron chi connectivity index (χ3n) is 6.96. The van der Waals surface area contributed by atoms with E-state index in [9.17, 15) is 14.7 Å². The molecule has 0 spiro atoms. The molecule has 1 aromatic heterocycles. The number of nitrogens with one attached hydrogen (secondary N) is 1. The number of carbonyl (C=O) groups excluding carboxylic acids is 1. The van der Waals surface area contributed by atoms with Crippen LogP contribution in [0.1, 0.15) is 48.4 Å². The number of hydrogen-bond donors (Lipinski definition) is 2. The molecular formula is C32H34N4O4S. The lowest BCUT2D eigenvalue weighted by atomic mass is 10.1. The molecule has 1 fully saturated rings. The Morgan fingerprint density at radius 1 is 0.951 bits per heavy atom. The van der Waals surface area contributed by atoms with Crippen molar-refractivity contribution in [2.75, 3.05) is 28.2 Å². The summed E-state index contributed by atoms with van der Waals surface area (Å²) in [5, 5.41) is 15.0. The Labute approximate surface area is 244 Å². The Balaban J connectivity index is 1.24. The van der Waals surface area contributed by atoms with E-state index < -0.39 is 5.97 Å². The summed E-state index contributed by atoms with van der Waals surface area (Å²) in [4.78, 5) is 33.4. The second-order valence-electron chi connectivity index (χ2n) is 10.6. The predicted octanol–water partition coefficient (Wildman–Crippen LogP) is 6.92. The quantitative estimate of drug-likeness (QED) is 0.237. The molecule has 2 heterocycles. The normalized spacial score (nSPS) is 17.0. The molecule has 2 N–H and O–H groups in total. The molecule has 9 heteroatoms. The maximum atomic E-state index is 12.9. The number of carboxylic acid groups (broad SMARTS) is 1. The Hall–Kier alpha value is -4.21. The van der Waals surface area contributed by atoms with E-state index in [1.807, 2.05) is 53.9 Å². The third-order valence-corrected chi connectivity index (χ3v) is 7.80. The van der Waals surface area contributed by atoms with Crippen LogP contribution in [0.25, 0.3) is 11.3 Å². The van der Waals surface area contributed by atoms with Gasteiger partial charge in [0.25, 0.3) is 5.91 Å². The average molecular weight is 571 g/mol. The highest BCUT2D eigenvalue weighted by Crippen LogP contribution is 2.34. The SMILES string of the molecule is CC(C)N(c1ccc(C(=O)O)cc1)c1nc(-c2ccc(NC(=O)c3ccc(N4C[C@@H](C)O[C@@H](C)C4)cc3)cc2)cs1. The second-order valence-corrected chi connectivity index (χ2v) is 11.4. The summed E-state index contributed by atoms with van der Waals surface area (Å²) in [5.74, 6) is -1.11. The summed E-state index contributed by atoms with van der Waals surface area (Å²) in [5.41, 5.74) is 5.29. The number of rotatable bonds is 8. The van der Waals surface area contributed by atoms with Crippen LogP contribution in [-0.4, -0.2) is 53.3 Å². The Bertz CT molecular complexity index is 1490. The van der Waals surface area contributed by atoms with Crippen molar-refractivity contribution < 1.29 is 19.4 Å². The Kier molecular flexibility index (Phi) is 8.37. The van der Waals surface area contributed by atoms with Crippen molar-refractivity contribution in [1.82, 2.24) is 4.98 Å². The highest BCUT2D eigenvalue weighted by molar-refractivity contribution is 7.14. The van der Waals surface area contributed by atoms with Crippen LogP contribution in [0.15, 0.2) is 78.2 Å². The zero-order valence-electron chi connectivity index (χ0n) is 23.6. The largest absolute Gasteiger partial charge is 0.478 e. The molecular weight excluding hydrogens is 536 g/mol. The minimum Gasteiger partial charge on any atom is -0.478 e. The molecule has 0 radical (unpaired) electrons. The molecule has 1 aliphatic rings. The number of ether oxygens (including phenoxy) is 1. The second kappa shape index (κ2) is 12.1. The minimum absolute atomic E-state index is 0.123. The van der Waals surface area contributed by atoms with Crippen LogP contribution < -0.4 is 15.1 Å². The number of carboxylic acids is 1. The molecule has 3 aromatic carbocycles. The van der Waals surface area contributed by atoms with Gasteiger partial charge in [0.15, 0.2) is 5.13 Å².